The van der Waals surface area contributed by atoms with Gasteiger partial charge in [-0.05, 0) is 43.4 Å². The molecule has 1 fully saturated rings. The largest absolute Gasteiger partial charge is 0.314 e. The van der Waals surface area contributed by atoms with Crippen LogP contribution in [0.15, 0.2) is 24.3 Å². The van der Waals surface area contributed by atoms with E-state index in [-0.39, 0.29) is 5.91 Å². The van der Waals surface area contributed by atoms with Gasteiger partial charge in [0.1, 0.15) is 5.41 Å². The van der Waals surface area contributed by atoms with Gasteiger partial charge in [0.15, 0.2) is 0 Å². The standard InChI is InChI=1S/C15H18N2O/c1-3-12-5-7-13(8-6-12)17(2)14(18)15(11-16)9-4-10-15/h5-8H,3-4,9-10H2,1-2H3. The van der Waals surface area contributed by atoms with Crippen LogP contribution < -0.4 is 4.90 Å². The molecule has 0 aromatic heterocycles. The number of benzene rings is 1. The van der Waals surface area contributed by atoms with Gasteiger partial charge in [-0.25, -0.2) is 0 Å². The maximum absolute atomic E-state index is 12.3. The van der Waals surface area contributed by atoms with Crippen LogP contribution in [0.4, 0.5) is 5.69 Å². The molecule has 0 unspecified atom stereocenters. The van der Waals surface area contributed by atoms with Crippen LogP contribution >= 0.6 is 0 Å². The first-order valence-corrected chi connectivity index (χ1v) is 6.41. The molecule has 1 aliphatic carbocycles. The first kappa shape index (κ1) is 12.6. The highest BCUT2D eigenvalue weighted by atomic mass is 16.2. The third-order valence-electron chi connectivity index (χ3n) is 3.87. The number of aryl methyl sites for hydroxylation is 1. The van der Waals surface area contributed by atoms with E-state index in [1.807, 2.05) is 24.3 Å². The minimum atomic E-state index is -0.766. The molecule has 0 atom stereocenters. The molecule has 1 amide bonds. The Morgan fingerprint density at radius 1 is 1.39 bits per heavy atom. The Bertz CT molecular complexity index is 480. The first-order valence-electron chi connectivity index (χ1n) is 6.41. The zero-order chi connectivity index (χ0) is 13.2. The minimum absolute atomic E-state index is 0.0690. The molecule has 18 heavy (non-hydrogen) atoms. The molecule has 1 aromatic rings. The predicted octanol–water partition coefficient (Wildman–Crippen LogP) is 2.91. The summed E-state index contributed by atoms with van der Waals surface area (Å²) in [5, 5.41) is 9.19. The van der Waals surface area contributed by atoms with Crippen LogP contribution in [0.5, 0.6) is 0 Å². The van der Waals surface area contributed by atoms with E-state index in [2.05, 4.69) is 13.0 Å². The Kier molecular flexibility index (Phi) is 3.38. The summed E-state index contributed by atoms with van der Waals surface area (Å²) < 4.78 is 0. The summed E-state index contributed by atoms with van der Waals surface area (Å²) in [5.74, 6) is -0.0690. The molecule has 94 valence electrons. The van der Waals surface area contributed by atoms with Crippen molar-refractivity contribution in [2.45, 2.75) is 32.6 Å². The van der Waals surface area contributed by atoms with Gasteiger partial charge >= 0.3 is 0 Å². The molecule has 1 aliphatic rings. The SMILES string of the molecule is CCc1ccc(N(C)C(=O)C2(C#N)CCC2)cc1. The number of rotatable bonds is 3. The average molecular weight is 242 g/mol. The highest BCUT2D eigenvalue weighted by Gasteiger charge is 2.46. The van der Waals surface area contributed by atoms with Crippen LogP contribution in [0.1, 0.15) is 31.7 Å². The van der Waals surface area contributed by atoms with Crippen molar-refractivity contribution in [2.75, 3.05) is 11.9 Å². The maximum atomic E-state index is 12.3. The summed E-state index contributed by atoms with van der Waals surface area (Å²) >= 11 is 0. The Hall–Kier alpha value is -1.82. The Balaban J connectivity index is 2.18. The summed E-state index contributed by atoms with van der Waals surface area (Å²) in [6.45, 7) is 2.10. The van der Waals surface area contributed by atoms with E-state index in [9.17, 15) is 10.1 Å². The number of anilines is 1. The zero-order valence-electron chi connectivity index (χ0n) is 10.9. The molecule has 3 nitrogen and oxygen atoms in total. The number of nitrogens with zero attached hydrogens (tertiary/aromatic N) is 2. The molecular weight excluding hydrogens is 224 g/mol. The monoisotopic (exact) mass is 242 g/mol. The van der Waals surface area contributed by atoms with Crippen LogP contribution in [-0.2, 0) is 11.2 Å². The van der Waals surface area contributed by atoms with Crippen molar-refractivity contribution in [2.24, 2.45) is 5.41 Å². The molecule has 0 heterocycles. The van der Waals surface area contributed by atoms with E-state index in [1.54, 1.807) is 11.9 Å². The Morgan fingerprint density at radius 2 is 2.00 bits per heavy atom. The quantitative estimate of drug-likeness (QED) is 0.818. The van der Waals surface area contributed by atoms with Crippen molar-refractivity contribution >= 4 is 11.6 Å². The van der Waals surface area contributed by atoms with Crippen LogP contribution in [0.2, 0.25) is 0 Å². The lowest BCUT2D eigenvalue weighted by Crippen LogP contribution is -2.45. The molecule has 0 N–H and O–H groups in total. The van der Waals surface area contributed by atoms with Crippen LogP contribution in [0.3, 0.4) is 0 Å². The van der Waals surface area contributed by atoms with Crippen LogP contribution in [0.25, 0.3) is 0 Å². The molecule has 0 saturated heterocycles. The maximum Gasteiger partial charge on any atom is 0.247 e. The predicted molar refractivity (Wildman–Crippen MR) is 71.1 cm³/mol. The smallest absolute Gasteiger partial charge is 0.247 e. The summed E-state index contributed by atoms with van der Waals surface area (Å²) in [7, 11) is 1.75. The van der Waals surface area contributed by atoms with Gasteiger partial charge in [0.2, 0.25) is 5.91 Å². The molecule has 0 spiro atoms. The number of hydrogen-bond donors (Lipinski definition) is 0. The highest BCUT2D eigenvalue weighted by molar-refractivity contribution is 5.99. The molecule has 0 aliphatic heterocycles. The lowest BCUT2D eigenvalue weighted by Gasteiger charge is -2.36. The van der Waals surface area contributed by atoms with Crippen LogP contribution in [0, 0.1) is 16.7 Å². The van der Waals surface area contributed by atoms with E-state index < -0.39 is 5.41 Å². The van der Waals surface area contributed by atoms with Gasteiger partial charge in [-0.2, -0.15) is 5.26 Å². The first-order chi connectivity index (χ1) is 8.63. The number of hydrogen-bond acceptors (Lipinski definition) is 2. The van der Waals surface area contributed by atoms with Crippen molar-refractivity contribution in [3.8, 4) is 6.07 Å². The summed E-state index contributed by atoms with van der Waals surface area (Å²) in [4.78, 5) is 13.9. The molecule has 3 heteroatoms. The zero-order valence-corrected chi connectivity index (χ0v) is 10.9. The number of nitriles is 1. The van der Waals surface area contributed by atoms with Crippen molar-refractivity contribution in [1.29, 1.82) is 5.26 Å². The molecule has 1 saturated carbocycles. The molecule has 0 bridgehead atoms. The van der Waals surface area contributed by atoms with Crippen molar-refractivity contribution < 1.29 is 4.79 Å². The van der Waals surface area contributed by atoms with E-state index in [1.165, 1.54) is 5.56 Å². The summed E-state index contributed by atoms with van der Waals surface area (Å²) in [5.41, 5.74) is 1.34. The minimum Gasteiger partial charge on any atom is -0.314 e. The van der Waals surface area contributed by atoms with Gasteiger partial charge in [-0.1, -0.05) is 19.1 Å². The fourth-order valence-electron chi connectivity index (χ4n) is 2.30. The summed E-state index contributed by atoms with van der Waals surface area (Å²) in [6, 6.07) is 10.1. The molecule has 0 radical (unpaired) electrons. The van der Waals surface area contributed by atoms with E-state index in [0.29, 0.717) is 12.8 Å². The second kappa shape index (κ2) is 4.81. The van der Waals surface area contributed by atoms with Gasteiger partial charge in [0, 0.05) is 12.7 Å². The second-order valence-corrected chi connectivity index (χ2v) is 4.93. The fraction of sp³-hybridized carbons (Fsp3) is 0.467. The fourth-order valence-corrected chi connectivity index (χ4v) is 2.30. The van der Waals surface area contributed by atoms with Crippen molar-refractivity contribution in [1.82, 2.24) is 0 Å². The lowest BCUT2D eigenvalue weighted by molar-refractivity contribution is -0.128. The normalized spacial score (nSPS) is 16.5. The van der Waals surface area contributed by atoms with Crippen LogP contribution in [-0.4, -0.2) is 13.0 Å². The highest BCUT2D eigenvalue weighted by Crippen LogP contribution is 2.42. The van der Waals surface area contributed by atoms with E-state index in [4.69, 9.17) is 0 Å². The second-order valence-electron chi connectivity index (χ2n) is 4.93. The number of carbonyl (C=O) groups excluding carboxylic acids is 1. The number of carbonyl (C=O) groups is 1. The van der Waals surface area contributed by atoms with Crippen molar-refractivity contribution in [3.05, 3.63) is 29.8 Å². The van der Waals surface area contributed by atoms with E-state index in [0.717, 1.165) is 18.5 Å². The van der Waals surface area contributed by atoms with Gasteiger partial charge in [-0.3, -0.25) is 4.79 Å². The molecule has 2 rings (SSSR count). The molecule has 1 aromatic carbocycles. The van der Waals surface area contributed by atoms with Gasteiger partial charge in [-0.15, -0.1) is 0 Å². The third-order valence-corrected chi connectivity index (χ3v) is 3.87. The third kappa shape index (κ3) is 1.99. The lowest BCUT2D eigenvalue weighted by atomic mass is 9.69. The van der Waals surface area contributed by atoms with Crippen molar-refractivity contribution in [3.63, 3.8) is 0 Å². The van der Waals surface area contributed by atoms with E-state index >= 15 is 0 Å². The summed E-state index contributed by atoms with van der Waals surface area (Å²) in [6.07, 6.45) is 3.35. The topological polar surface area (TPSA) is 44.1 Å². The number of amides is 1. The van der Waals surface area contributed by atoms with Gasteiger partial charge in [0.05, 0.1) is 6.07 Å². The van der Waals surface area contributed by atoms with Gasteiger partial charge in [0.25, 0.3) is 0 Å². The Labute approximate surface area is 108 Å². The average Bonchev–Trinajstić information content (AvgIpc) is 2.37. The molecular formula is C15H18N2O. The van der Waals surface area contributed by atoms with Gasteiger partial charge < -0.3 is 4.90 Å². The Morgan fingerprint density at radius 3 is 2.39 bits per heavy atom.